The molecule has 0 aliphatic heterocycles. The lowest BCUT2D eigenvalue weighted by Crippen LogP contribution is -2.57. The molecule has 1 rings (SSSR count). The molecule has 1 aromatic rings. The monoisotopic (exact) mass is 309 g/mol. The molecule has 3 N–H and O–H groups in total. The summed E-state index contributed by atoms with van der Waals surface area (Å²) in [7, 11) is 0. The number of hydrogen-bond donors (Lipinski definition) is 2. The van der Waals surface area contributed by atoms with Crippen molar-refractivity contribution in [1.29, 1.82) is 0 Å². The third-order valence-corrected chi connectivity index (χ3v) is 2.29. The molecule has 1 atom stereocenters. The Bertz CT molecular complexity index is 557. The molecular formula is C9H3F8NO2. The van der Waals surface area contributed by atoms with Crippen LogP contribution in [0, 0.1) is 29.1 Å². The average Bonchev–Trinajstić information content (AvgIpc) is 2.33. The van der Waals surface area contributed by atoms with Crippen LogP contribution in [0.4, 0.5) is 35.1 Å². The van der Waals surface area contributed by atoms with Crippen LogP contribution in [0.3, 0.4) is 0 Å². The first kappa shape index (κ1) is 16.1. The SMILES string of the molecule is N[C@](F)(C(=O)O)C(F)(F)c1c(F)c(F)c(F)c(F)c1F. The van der Waals surface area contributed by atoms with Crippen LogP contribution in [0.15, 0.2) is 0 Å². The normalized spacial score (nSPS) is 15.1. The van der Waals surface area contributed by atoms with E-state index in [-0.39, 0.29) is 0 Å². The maximum atomic E-state index is 13.4. The topological polar surface area (TPSA) is 63.3 Å². The van der Waals surface area contributed by atoms with Crippen LogP contribution < -0.4 is 5.73 Å². The van der Waals surface area contributed by atoms with E-state index in [1.807, 2.05) is 0 Å². The van der Waals surface area contributed by atoms with E-state index in [9.17, 15) is 39.9 Å². The lowest BCUT2D eigenvalue weighted by Gasteiger charge is -2.27. The predicted molar refractivity (Wildman–Crippen MR) is 45.8 cm³/mol. The molecule has 0 fully saturated rings. The van der Waals surface area contributed by atoms with E-state index in [0.717, 1.165) is 0 Å². The minimum atomic E-state index is -5.72. The first-order valence-corrected chi connectivity index (χ1v) is 4.48. The largest absolute Gasteiger partial charge is 0.478 e. The molecule has 11 heteroatoms. The standard InChI is InChI=1S/C9H3F8NO2/c10-2-1(3(11)5(13)6(14)4(2)12)8(15,16)9(17,18)7(19)20/h18H2,(H,19,20)/t9-/m1/s1. The number of halogens is 8. The van der Waals surface area contributed by atoms with Gasteiger partial charge in [0.2, 0.25) is 5.82 Å². The molecule has 0 unspecified atom stereocenters. The van der Waals surface area contributed by atoms with E-state index in [2.05, 4.69) is 5.73 Å². The second-order valence-corrected chi connectivity index (χ2v) is 3.54. The van der Waals surface area contributed by atoms with E-state index in [4.69, 9.17) is 5.11 Å². The highest BCUT2D eigenvalue weighted by Gasteiger charge is 2.62. The minimum Gasteiger partial charge on any atom is -0.478 e. The molecule has 0 saturated carbocycles. The molecule has 0 spiro atoms. The van der Waals surface area contributed by atoms with Gasteiger partial charge in [0.05, 0.1) is 0 Å². The van der Waals surface area contributed by atoms with Crippen LogP contribution in [0.25, 0.3) is 0 Å². The van der Waals surface area contributed by atoms with Crippen molar-refractivity contribution < 1.29 is 45.0 Å². The highest BCUT2D eigenvalue weighted by molar-refractivity contribution is 5.78. The molecule has 0 radical (unpaired) electrons. The van der Waals surface area contributed by atoms with Gasteiger partial charge in [0.1, 0.15) is 5.56 Å². The Morgan fingerprint density at radius 1 is 0.850 bits per heavy atom. The van der Waals surface area contributed by atoms with Crippen molar-refractivity contribution in [2.24, 2.45) is 5.73 Å². The van der Waals surface area contributed by atoms with Gasteiger partial charge in [-0.3, -0.25) is 5.73 Å². The van der Waals surface area contributed by atoms with Crippen LogP contribution in [-0.4, -0.2) is 16.9 Å². The van der Waals surface area contributed by atoms with E-state index in [1.165, 1.54) is 0 Å². The van der Waals surface area contributed by atoms with Crippen molar-refractivity contribution in [2.75, 3.05) is 0 Å². The molecule has 0 amide bonds. The Hall–Kier alpha value is -1.91. The summed E-state index contributed by atoms with van der Waals surface area (Å²) in [5, 5.41) is 8.13. The summed E-state index contributed by atoms with van der Waals surface area (Å²) >= 11 is 0. The summed E-state index contributed by atoms with van der Waals surface area (Å²) in [4.78, 5) is 10.2. The number of aliphatic carboxylic acids is 1. The Morgan fingerprint density at radius 2 is 1.15 bits per heavy atom. The third-order valence-electron chi connectivity index (χ3n) is 2.29. The van der Waals surface area contributed by atoms with Gasteiger partial charge in [0, 0.05) is 0 Å². The number of nitrogens with two attached hydrogens (primary N) is 1. The number of alkyl halides is 3. The van der Waals surface area contributed by atoms with Gasteiger partial charge in [0.15, 0.2) is 23.3 Å². The van der Waals surface area contributed by atoms with Crippen molar-refractivity contribution in [3.05, 3.63) is 34.6 Å². The van der Waals surface area contributed by atoms with E-state index < -0.39 is 52.3 Å². The summed E-state index contributed by atoms with van der Waals surface area (Å²) < 4.78 is 104. The molecule has 0 saturated heterocycles. The number of benzene rings is 1. The fourth-order valence-electron chi connectivity index (χ4n) is 1.20. The number of carboxylic acids is 1. The summed E-state index contributed by atoms with van der Waals surface area (Å²) in [6.45, 7) is 0. The maximum Gasteiger partial charge on any atom is 0.363 e. The molecule has 1 aromatic carbocycles. The van der Waals surface area contributed by atoms with Gasteiger partial charge < -0.3 is 5.11 Å². The molecule has 112 valence electrons. The number of hydrogen-bond acceptors (Lipinski definition) is 2. The first-order valence-electron chi connectivity index (χ1n) is 4.48. The Labute approximate surface area is 104 Å². The molecule has 20 heavy (non-hydrogen) atoms. The molecule has 0 heterocycles. The summed E-state index contributed by atoms with van der Waals surface area (Å²) in [5.74, 6) is -28.4. The van der Waals surface area contributed by atoms with Gasteiger partial charge in [0.25, 0.3) is 0 Å². The zero-order valence-corrected chi connectivity index (χ0v) is 8.96. The zero-order chi connectivity index (χ0) is 16.0. The molecular weight excluding hydrogens is 306 g/mol. The van der Waals surface area contributed by atoms with Crippen molar-refractivity contribution in [1.82, 2.24) is 0 Å². The van der Waals surface area contributed by atoms with Crippen molar-refractivity contribution in [2.45, 2.75) is 11.7 Å². The predicted octanol–water partition coefficient (Wildman–Crippen LogP) is 2.18. The van der Waals surface area contributed by atoms with Crippen LogP contribution in [0.5, 0.6) is 0 Å². The first-order chi connectivity index (χ1) is 8.87. The highest BCUT2D eigenvalue weighted by Crippen LogP contribution is 2.42. The molecule has 0 aliphatic carbocycles. The van der Waals surface area contributed by atoms with Gasteiger partial charge in [-0.1, -0.05) is 0 Å². The maximum absolute atomic E-state index is 13.4. The Kier molecular flexibility index (Phi) is 3.70. The number of carbonyl (C=O) groups is 1. The third kappa shape index (κ3) is 1.97. The molecule has 3 nitrogen and oxygen atoms in total. The summed E-state index contributed by atoms with van der Waals surface area (Å²) in [6.07, 6.45) is 0. The molecule has 0 bridgehead atoms. The number of carboxylic acid groups (broad SMARTS) is 1. The lowest BCUT2D eigenvalue weighted by atomic mass is 9.97. The molecule has 0 aliphatic rings. The Morgan fingerprint density at radius 3 is 1.45 bits per heavy atom. The van der Waals surface area contributed by atoms with Crippen LogP contribution >= 0.6 is 0 Å². The molecule has 0 aromatic heterocycles. The second-order valence-electron chi connectivity index (χ2n) is 3.54. The lowest BCUT2D eigenvalue weighted by molar-refractivity contribution is -0.188. The van der Waals surface area contributed by atoms with Crippen molar-refractivity contribution in [3.63, 3.8) is 0 Å². The quantitative estimate of drug-likeness (QED) is 0.389. The summed E-state index contributed by atoms with van der Waals surface area (Å²) in [5.41, 5.74) is 1.09. The van der Waals surface area contributed by atoms with Crippen LogP contribution in [0.2, 0.25) is 0 Å². The van der Waals surface area contributed by atoms with Crippen LogP contribution in [0.1, 0.15) is 5.56 Å². The fourth-order valence-corrected chi connectivity index (χ4v) is 1.20. The Balaban J connectivity index is 3.76. The van der Waals surface area contributed by atoms with E-state index in [0.29, 0.717) is 0 Å². The number of rotatable bonds is 3. The van der Waals surface area contributed by atoms with Gasteiger partial charge >= 0.3 is 17.7 Å². The minimum absolute atomic E-state index is 2.77. The zero-order valence-electron chi connectivity index (χ0n) is 8.96. The average molecular weight is 309 g/mol. The van der Waals surface area contributed by atoms with Crippen LogP contribution in [-0.2, 0) is 10.7 Å². The summed E-state index contributed by atoms with van der Waals surface area (Å²) in [6, 6.07) is 0. The van der Waals surface area contributed by atoms with Gasteiger partial charge in [-0.2, -0.15) is 8.78 Å². The van der Waals surface area contributed by atoms with E-state index in [1.54, 1.807) is 0 Å². The second kappa shape index (κ2) is 4.58. The van der Waals surface area contributed by atoms with Gasteiger partial charge in [-0.25, -0.2) is 31.1 Å². The van der Waals surface area contributed by atoms with Crippen molar-refractivity contribution >= 4 is 5.97 Å². The smallest absolute Gasteiger partial charge is 0.363 e. The van der Waals surface area contributed by atoms with Crippen molar-refractivity contribution in [3.8, 4) is 0 Å². The van der Waals surface area contributed by atoms with Gasteiger partial charge in [-0.15, -0.1) is 0 Å². The fraction of sp³-hybridized carbons (Fsp3) is 0.222. The van der Waals surface area contributed by atoms with E-state index >= 15 is 0 Å². The van der Waals surface area contributed by atoms with Gasteiger partial charge in [-0.05, 0) is 0 Å². The highest BCUT2D eigenvalue weighted by atomic mass is 19.3.